The van der Waals surface area contributed by atoms with Crippen LogP contribution >= 0.6 is 0 Å². The summed E-state index contributed by atoms with van der Waals surface area (Å²) >= 11 is 0. The average molecular weight is 255 g/mol. The van der Waals surface area contributed by atoms with Gasteiger partial charge in [0.2, 0.25) is 0 Å². The summed E-state index contributed by atoms with van der Waals surface area (Å²) in [4.78, 5) is 5.09. The lowest BCUT2D eigenvalue weighted by atomic mass is 10.1. The van der Waals surface area contributed by atoms with Gasteiger partial charge in [0.15, 0.2) is 0 Å². The van der Waals surface area contributed by atoms with Gasteiger partial charge in [-0.2, -0.15) is 0 Å². The third kappa shape index (κ3) is 6.72. The van der Waals surface area contributed by atoms with Crippen LogP contribution in [0.1, 0.15) is 47.0 Å². The Kier molecular flexibility index (Phi) is 6.61. The van der Waals surface area contributed by atoms with Crippen molar-refractivity contribution in [2.45, 2.75) is 58.5 Å². The van der Waals surface area contributed by atoms with Crippen LogP contribution < -0.4 is 5.32 Å². The Bertz CT molecular complexity index is 222. The van der Waals surface area contributed by atoms with Gasteiger partial charge in [0.25, 0.3) is 0 Å². The maximum Gasteiger partial charge on any atom is 0.0192 e. The first-order valence-electron chi connectivity index (χ1n) is 7.56. The maximum absolute atomic E-state index is 3.55. The van der Waals surface area contributed by atoms with Crippen LogP contribution in [0.15, 0.2) is 0 Å². The molecule has 0 saturated carbocycles. The molecule has 0 amide bonds. The highest BCUT2D eigenvalue weighted by Crippen LogP contribution is 2.08. The molecule has 0 radical (unpaired) electrons. The summed E-state index contributed by atoms with van der Waals surface area (Å²) in [5.74, 6) is 0. The van der Waals surface area contributed by atoms with Crippen molar-refractivity contribution in [3.63, 3.8) is 0 Å². The smallest absolute Gasteiger partial charge is 0.0192 e. The molecule has 3 nitrogen and oxygen atoms in total. The second-order valence-electron chi connectivity index (χ2n) is 6.87. The van der Waals surface area contributed by atoms with Gasteiger partial charge in [-0.1, -0.05) is 6.42 Å². The predicted molar refractivity (Wildman–Crippen MR) is 80.1 cm³/mol. The van der Waals surface area contributed by atoms with Crippen LogP contribution in [0.4, 0.5) is 0 Å². The molecule has 0 aromatic rings. The van der Waals surface area contributed by atoms with E-state index in [1.807, 2.05) is 0 Å². The zero-order valence-electron chi connectivity index (χ0n) is 13.1. The molecule has 1 atom stereocenters. The fourth-order valence-electron chi connectivity index (χ4n) is 2.43. The summed E-state index contributed by atoms with van der Waals surface area (Å²) in [6.45, 7) is 15.2. The molecular formula is C15H33N3. The van der Waals surface area contributed by atoms with E-state index in [9.17, 15) is 0 Å². The molecule has 0 bridgehead atoms. The minimum atomic E-state index is 0.271. The van der Waals surface area contributed by atoms with Gasteiger partial charge < -0.3 is 15.1 Å². The standard InChI is InChI=1S/C15H33N3/c1-14-13-18(12-11-17(14)5)10-8-6-7-9-16-15(2,3)4/h14,16H,6-13H2,1-5H3. The van der Waals surface area contributed by atoms with Gasteiger partial charge in [-0.3, -0.25) is 0 Å². The summed E-state index contributed by atoms with van der Waals surface area (Å²) < 4.78 is 0. The predicted octanol–water partition coefficient (Wildman–Crippen LogP) is 2.18. The molecule has 1 N–H and O–H groups in total. The van der Waals surface area contributed by atoms with E-state index < -0.39 is 0 Å². The molecule has 1 saturated heterocycles. The highest BCUT2D eigenvalue weighted by molar-refractivity contribution is 4.76. The summed E-state index contributed by atoms with van der Waals surface area (Å²) in [5.41, 5.74) is 0.271. The number of likely N-dealkylation sites (N-methyl/N-ethyl adjacent to an activating group) is 1. The lowest BCUT2D eigenvalue weighted by Crippen LogP contribution is -2.50. The van der Waals surface area contributed by atoms with Crippen LogP contribution in [-0.2, 0) is 0 Å². The van der Waals surface area contributed by atoms with E-state index in [2.05, 4.69) is 49.9 Å². The van der Waals surface area contributed by atoms with Crippen LogP contribution in [0.2, 0.25) is 0 Å². The third-order valence-electron chi connectivity index (χ3n) is 3.85. The number of nitrogens with one attached hydrogen (secondary N) is 1. The van der Waals surface area contributed by atoms with Crippen molar-refractivity contribution in [2.24, 2.45) is 0 Å². The largest absolute Gasteiger partial charge is 0.312 e. The van der Waals surface area contributed by atoms with E-state index in [0.29, 0.717) is 0 Å². The summed E-state index contributed by atoms with van der Waals surface area (Å²) in [5, 5.41) is 3.55. The van der Waals surface area contributed by atoms with Crippen LogP contribution in [0.5, 0.6) is 0 Å². The Morgan fingerprint density at radius 2 is 1.83 bits per heavy atom. The Labute approximate surface area is 114 Å². The van der Waals surface area contributed by atoms with E-state index in [1.54, 1.807) is 0 Å². The molecule has 1 unspecified atom stereocenters. The van der Waals surface area contributed by atoms with Crippen molar-refractivity contribution in [3.05, 3.63) is 0 Å². The minimum absolute atomic E-state index is 0.271. The minimum Gasteiger partial charge on any atom is -0.312 e. The summed E-state index contributed by atoms with van der Waals surface area (Å²) in [6, 6.07) is 0.723. The fourth-order valence-corrected chi connectivity index (χ4v) is 2.43. The van der Waals surface area contributed by atoms with Crippen molar-refractivity contribution in [3.8, 4) is 0 Å². The normalized spacial score (nSPS) is 23.5. The van der Waals surface area contributed by atoms with Gasteiger partial charge in [-0.05, 0) is 60.7 Å². The molecule has 0 aromatic carbocycles. The van der Waals surface area contributed by atoms with Crippen molar-refractivity contribution < 1.29 is 0 Å². The highest BCUT2D eigenvalue weighted by Gasteiger charge is 2.19. The van der Waals surface area contributed by atoms with E-state index in [0.717, 1.165) is 12.6 Å². The van der Waals surface area contributed by atoms with Gasteiger partial charge in [0, 0.05) is 31.2 Å². The van der Waals surface area contributed by atoms with Gasteiger partial charge >= 0.3 is 0 Å². The summed E-state index contributed by atoms with van der Waals surface area (Å²) in [7, 11) is 2.24. The molecular weight excluding hydrogens is 222 g/mol. The molecule has 1 fully saturated rings. The highest BCUT2D eigenvalue weighted by atomic mass is 15.3. The Balaban J connectivity index is 1.98. The number of rotatable bonds is 6. The molecule has 18 heavy (non-hydrogen) atoms. The molecule has 3 heteroatoms. The first kappa shape index (κ1) is 15.9. The first-order valence-corrected chi connectivity index (χ1v) is 7.56. The van der Waals surface area contributed by atoms with Gasteiger partial charge in [0.1, 0.15) is 0 Å². The number of nitrogens with zero attached hydrogens (tertiary/aromatic N) is 2. The lowest BCUT2D eigenvalue weighted by molar-refractivity contribution is 0.104. The Hall–Kier alpha value is -0.120. The number of piperazine rings is 1. The first-order chi connectivity index (χ1) is 8.38. The molecule has 1 aliphatic rings. The molecule has 1 rings (SSSR count). The quantitative estimate of drug-likeness (QED) is 0.734. The average Bonchev–Trinajstić information content (AvgIpc) is 2.26. The number of hydrogen-bond donors (Lipinski definition) is 1. The topological polar surface area (TPSA) is 18.5 Å². The summed E-state index contributed by atoms with van der Waals surface area (Å²) in [6.07, 6.45) is 4.01. The monoisotopic (exact) mass is 255 g/mol. The van der Waals surface area contributed by atoms with E-state index >= 15 is 0 Å². The SMILES string of the molecule is CC1CN(CCCCCNC(C)(C)C)CCN1C. The van der Waals surface area contributed by atoms with Crippen molar-refractivity contribution in [1.82, 2.24) is 15.1 Å². The van der Waals surface area contributed by atoms with Crippen molar-refractivity contribution in [1.29, 1.82) is 0 Å². The van der Waals surface area contributed by atoms with E-state index in [1.165, 1.54) is 45.4 Å². The molecule has 0 aliphatic carbocycles. The number of hydrogen-bond acceptors (Lipinski definition) is 3. The van der Waals surface area contributed by atoms with Crippen LogP contribution in [0.25, 0.3) is 0 Å². The lowest BCUT2D eigenvalue weighted by Gasteiger charge is -2.37. The molecule has 1 aliphatic heterocycles. The van der Waals surface area contributed by atoms with Crippen LogP contribution in [0.3, 0.4) is 0 Å². The van der Waals surface area contributed by atoms with Gasteiger partial charge in [-0.15, -0.1) is 0 Å². The van der Waals surface area contributed by atoms with Gasteiger partial charge in [0.05, 0.1) is 0 Å². The second kappa shape index (κ2) is 7.46. The van der Waals surface area contributed by atoms with Crippen LogP contribution in [0, 0.1) is 0 Å². The number of unbranched alkanes of at least 4 members (excludes halogenated alkanes) is 2. The van der Waals surface area contributed by atoms with Crippen molar-refractivity contribution >= 4 is 0 Å². The Morgan fingerprint density at radius 1 is 1.11 bits per heavy atom. The van der Waals surface area contributed by atoms with Gasteiger partial charge in [-0.25, -0.2) is 0 Å². The zero-order valence-corrected chi connectivity index (χ0v) is 13.1. The van der Waals surface area contributed by atoms with Crippen LogP contribution in [-0.4, -0.2) is 61.2 Å². The third-order valence-corrected chi connectivity index (χ3v) is 3.85. The molecule has 0 aromatic heterocycles. The second-order valence-corrected chi connectivity index (χ2v) is 6.87. The molecule has 0 spiro atoms. The van der Waals surface area contributed by atoms with Crippen molar-refractivity contribution in [2.75, 3.05) is 39.8 Å². The fraction of sp³-hybridized carbons (Fsp3) is 1.00. The Morgan fingerprint density at radius 3 is 2.44 bits per heavy atom. The van der Waals surface area contributed by atoms with E-state index in [-0.39, 0.29) is 5.54 Å². The maximum atomic E-state index is 3.55. The van der Waals surface area contributed by atoms with E-state index in [4.69, 9.17) is 0 Å². The molecule has 108 valence electrons. The molecule has 1 heterocycles. The zero-order chi connectivity index (χ0) is 13.6.